The van der Waals surface area contributed by atoms with E-state index in [4.69, 9.17) is 11.1 Å². The third kappa shape index (κ3) is 5.35. The number of aromatic nitrogens is 3. The molecule has 0 radical (unpaired) electrons. The van der Waals surface area contributed by atoms with Crippen LogP contribution in [-0.2, 0) is 4.79 Å². The Labute approximate surface area is 199 Å². The van der Waals surface area contributed by atoms with Gasteiger partial charge in [0, 0.05) is 23.5 Å². The molecule has 1 aromatic heterocycles. The summed E-state index contributed by atoms with van der Waals surface area (Å²) in [6, 6.07) is 9.31. The van der Waals surface area contributed by atoms with E-state index in [-0.39, 0.29) is 17.6 Å². The molecular weight excluding hydrogens is 434 g/mol. The molecule has 0 spiro atoms. The first kappa shape index (κ1) is 23.6. The summed E-state index contributed by atoms with van der Waals surface area (Å²) in [6.07, 6.45) is 8.43. The van der Waals surface area contributed by atoms with Crippen LogP contribution in [0.25, 0.3) is 0 Å². The van der Waals surface area contributed by atoms with Gasteiger partial charge in [-0.1, -0.05) is 25.0 Å². The van der Waals surface area contributed by atoms with Crippen molar-refractivity contribution in [1.29, 1.82) is 5.41 Å². The second-order valence-corrected chi connectivity index (χ2v) is 10.1. The third-order valence-electron chi connectivity index (χ3n) is 6.63. The number of carbonyl (C=O) groups excluding carboxylic acids is 1. The van der Waals surface area contributed by atoms with Crippen LogP contribution < -0.4 is 10.6 Å². The van der Waals surface area contributed by atoms with E-state index in [1.54, 1.807) is 0 Å². The molecule has 8 nitrogen and oxygen atoms in total. The van der Waals surface area contributed by atoms with Gasteiger partial charge in [0.05, 0.1) is 5.69 Å². The number of nitrogens with zero attached hydrogens (tertiary/aromatic N) is 5. The van der Waals surface area contributed by atoms with E-state index in [1.165, 1.54) is 37.4 Å². The van der Waals surface area contributed by atoms with Gasteiger partial charge in [-0.2, -0.15) is 0 Å². The summed E-state index contributed by atoms with van der Waals surface area (Å²) >= 11 is 1.44. The number of hydrogen-bond donors (Lipinski definition) is 2. The van der Waals surface area contributed by atoms with Gasteiger partial charge in [-0.3, -0.25) is 15.1 Å². The van der Waals surface area contributed by atoms with Gasteiger partial charge < -0.3 is 10.6 Å². The number of hydrogen-bond acceptors (Lipinski definition) is 7. The van der Waals surface area contributed by atoms with E-state index in [0.29, 0.717) is 24.5 Å². The molecule has 3 atom stereocenters. The molecule has 1 aromatic carbocycles. The van der Waals surface area contributed by atoms with Gasteiger partial charge in [-0.05, 0) is 58.2 Å². The summed E-state index contributed by atoms with van der Waals surface area (Å²) in [5.74, 6) is 0.178. The number of para-hydroxylation sites is 1. The fourth-order valence-electron chi connectivity index (χ4n) is 4.83. The van der Waals surface area contributed by atoms with Crippen LogP contribution >= 0.6 is 11.8 Å². The lowest BCUT2D eigenvalue weighted by Gasteiger charge is -2.39. The summed E-state index contributed by atoms with van der Waals surface area (Å²) < 4.78 is 0. The number of benzene rings is 1. The van der Waals surface area contributed by atoms with Gasteiger partial charge in [0.15, 0.2) is 17.5 Å². The highest BCUT2D eigenvalue weighted by atomic mass is 32.2. The normalized spacial score (nSPS) is 23.4. The van der Waals surface area contributed by atoms with Crippen molar-refractivity contribution < 1.29 is 4.79 Å². The van der Waals surface area contributed by atoms with Crippen LogP contribution in [0.4, 0.5) is 5.69 Å². The van der Waals surface area contributed by atoms with E-state index < -0.39 is 5.25 Å². The number of nitrogen functional groups attached to an aromatic ring is 1. The van der Waals surface area contributed by atoms with Gasteiger partial charge in [0.2, 0.25) is 5.91 Å². The number of rotatable bonds is 8. The molecule has 2 aromatic rings. The van der Waals surface area contributed by atoms with E-state index in [9.17, 15) is 4.79 Å². The van der Waals surface area contributed by atoms with Crippen LogP contribution in [-0.4, -0.2) is 56.8 Å². The van der Waals surface area contributed by atoms with Crippen molar-refractivity contribution in [2.45, 2.75) is 74.6 Å². The van der Waals surface area contributed by atoms with Crippen LogP contribution in [0.3, 0.4) is 0 Å². The standard InChI is InChI=1S/C24H33N7OS/c1-16-9-8-10-17(2)30(16)13-6-3-7-14-31-18-11-4-5-12-19(18)33-20(24(31)32)22-27-15-28-23(29-22)21(25)26/h4-5,11-12,15-17,20H,3,6-10,13-14H2,1-2H3,(H3,25,26)/t16-,17+,20?. The lowest BCUT2D eigenvalue weighted by Crippen LogP contribution is -2.44. The number of likely N-dealkylation sites (tertiary alicyclic amines) is 1. The number of carbonyl (C=O) groups is 1. The van der Waals surface area contributed by atoms with Gasteiger partial charge in [0.25, 0.3) is 0 Å². The number of unbranched alkanes of at least 4 members (excludes halogenated alkanes) is 2. The Morgan fingerprint density at radius 1 is 1.12 bits per heavy atom. The Morgan fingerprint density at radius 3 is 2.61 bits per heavy atom. The zero-order valence-electron chi connectivity index (χ0n) is 19.4. The largest absolute Gasteiger partial charge is 0.381 e. The highest BCUT2D eigenvalue weighted by molar-refractivity contribution is 8.00. The zero-order chi connectivity index (χ0) is 23.4. The highest BCUT2D eigenvalue weighted by Crippen LogP contribution is 2.45. The molecule has 0 bridgehead atoms. The lowest BCUT2D eigenvalue weighted by molar-refractivity contribution is -0.118. The number of amidine groups is 1. The summed E-state index contributed by atoms with van der Waals surface area (Å²) in [5, 5.41) is 7.03. The van der Waals surface area contributed by atoms with E-state index in [0.717, 1.165) is 36.4 Å². The first-order valence-corrected chi connectivity index (χ1v) is 12.7. The second-order valence-electron chi connectivity index (χ2n) is 8.96. The first-order chi connectivity index (χ1) is 16.0. The van der Waals surface area contributed by atoms with Gasteiger partial charge in [-0.25, -0.2) is 15.0 Å². The minimum absolute atomic E-state index is 0.0299. The van der Waals surface area contributed by atoms with Crippen LogP contribution in [0.15, 0.2) is 35.5 Å². The fraction of sp³-hybridized carbons (Fsp3) is 0.542. The molecule has 1 unspecified atom stereocenters. The van der Waals surface area contributed by atoms with Crippen molar-refractivity contribution in [3.05, 3.63) is 42.2 Å². The van der Waals surface area contributed by atoms with Crippen molar-refractivity contribution in [3.63, 3.8) is 0 Å². The number of thioether (sulfide) groups is 1. The molecule has 1 amide bonds. The molecule has 1 fully saturated rings. The van der Waals surface area contributed by atoms with Crippen molar-refractivity contribution in [3.8, 4) is 0 Å². The molecule has 0 saturated carbocycles. The molecule has 33 heavy (non-hydrogen) atoms. The van der Waals surface area contributed by atoms with Gasteiger partial charge >= 0.3 is 0 Å². The molecule has 9 heteroatoms. The maximum atomic E-state index is 13.5. The van der Waals surface area contributed by atoms with Gasteiger partial charge in [0.1, 0.15) is 11.6 Å². The quantitative estimate of drug-likeness (QED) is 0.345. The Bertz CT molecular complexity index is 990. The Morgan fingerprint density at radius 2 is 1.85 bits per heavy atom. The monoisotopic (exact) mass is 467 g/mol. The maximum Gasteiger partial charge on any atom is 0.248 e. The molecule has 2 aliphatic rings. The average molecular weight is 468 g/mol. The smallest absolute Gasteiger partial charge is 0.248 e. The first-order valence-electron chi connectivity index (χ1n) is 11.8. The van der Waals surface area contributed by atoms with Crippen molar-refractivity contribution in [2.75, 3.05) is 18.0 Å². The predicted molar refractivity (Wildman–Crippen MR) is 132 cm³/mol. The number of nitrogens with one attached hydrogen (secondary N) is 1. The Hall–Kier alpha value is -2.52. The third-order valence-corrected chi connectivity index (χ3v) is 7.88. The number of piperidine rings is 1. The molecular formula is C24H33N7OS. The molecule has 3 N–H and O–H groups in total. The highest BCUT2D eigenvalue weighted by Gasteiger charge is 2.36. The van der Waals surface area contributed by atoms with E-state index >= 15 is 0 Å². The summed E-state index contributed by atoms with van der Waals surface area (Å²) in [4.78, 5) is 31.5. The number of amides is 1. The number of nitrogens with two attached hydrogens (primary N) is 1. The van der Waals surface area contributed by atoms with Crippen LogP contribution in [0.5, 0.6) is 0 Å². The molecule has 176 valence electrons. The van der Waals surface area contributed by atoms with Crippen LogP contribution in [0.1, 0.15) is 69.3 Å². The minimum atomic E-state index is -0.573. The number of anilines is 1. The van der Waals surface area contributed by atoms with E-state index in [2.05, 4.69) is 33.7 Å². The van der Waals surface area contributed by atoms with Crippen LogP contribution in [0, 0.1) is 5.41 Å². The lowest BCUT2D eigenvalue weighted by atomic mass is 9.97. The summed E-state index contributed by atoms with van der Waals surface area (Å²) in [5.41, 5.74) is 6.49. The average Bonchev–Trinajstić information content (AvgIpc) is 2.81. The molecule has 0 aliphatic carbocycles. The van der Waals surface area contributed by atoms with Crippen molar-refractivity contribution in [1.82, 2.24) is 19.9 Å². The Kier molecular flexibility index (Phi) is 7.60. The SMILES string of the molecule is C[C@@H]1CCC[C@H](C)N1CCCCCN1C(=O)C(c2ncnc(C(=N)N)n2)Sc2ccccc21. The molecule has 2 aliphatic heterocycles. The minimum Gasteiger partial charge on any atom is -0.381 e. The molecule has 1 saturated heterocycles. The summed E-state index contributed by atoms with van der Waals surface area (Å²) in [7, 11) is 0. The second kappa shape index (κ2) is 10.6. The topological polar surface area (TPSA) is 112 Å². The summed E-state index contributed by atoms with van der Waals surface area (Å²) in [6.45, 7) is 6.48. The zero-order valence-corrected chi connectivity index (χ0v) is 20.2. The fourth-order valence-corrected chi connectivity index (χ4v) is 5.99. The van der Waals surface area contributed by atoms with Crippen LogP contribution in [0.2, 0.25) is 0 Å². The maximum absolute atomic E-state index is 13.5. The van der Waals surface area contributed by atoms with Crippen molar-refractivity contribution >= 4 is 29.2 Å². The van der Waals surface area contributed by atoms with Crippen molar-refractivity contribution in [2.24, 2.45) is 5.73 Å². The predicted octanol–water partition coefficient (Wildman–Crippen LogP) is 3.77. The van der Waals surface area contributed by atoms with E-state index in [1.807, 2.05) is 29.2 Å². The Balaban J connectivity index is 1.42. The molecule has 4 rings (SSSR count). The molecule has 3 heterocycles. The van der Waals surface area contributed by atoms with Gasteiger partial charge in [-0.15, -0.1) is 11.8 Å². The number of fused-ring (bicyclic) bond motifs is 1.